The molecule has 0 radical (unpaired) electrons. The number of likely N-dealkylation sites (tertiary alicyclic amines) is 1. The second-order valence-corrected chi connectivity index (χ2v) is 6.98. The van der Waals surface area contributed by atoms with Crippen molar-refractivity contribution in [1.82, 2.24) is 15.5 Å². The Morgan fingerprint density at radius 2 is 1.88 bits per heavy atom. The maximum absolute atomic E-state index is 11.9. The molecule has 2 saturated heterocycles. The zero-order valence-electron chi connectivity index (χ0n) is 14.5. The van der Waals surface area contributed by atoms with Crippen molar-refractivity contribution in [3.63, 3.8) is 0 Å². The molecule has 0 aliphatic carbocycles. The summed E-state index contributed by atoms with van der Waals surface area (Å²) in [6.07, 6.45) is 4.84. The van der Waals surface area contributed by atoms with Crippen LogP contribution in [0, 0.1) is 5.92 Å². The molecule has 1 aromatic rings. The van der Waals surface area contributed by atoms with Crippen LogP contribution in [0.3, 0.4) is 0 Å². The normalized spacial score (nSPS) is 21.2. The first-order valence-corrected chi connectivity index (χ1v) is 9.35. The Hall–Kier alpha value is -1.75. The SMILES string of the molecule is O=C(NCCCN1CCCC1)NC[C@@H]1CCN(c2ccccc2)C1. The minimum absolute atomic E-state index is 0.0189. The summed E-state index contributed by atoms with van der Waals surface area (Å²) >= 11 is 0. The first kappa shape index (κ1) is 17.1. The van der Waals surface area contributed by atoms with Gasteiger partial charge in [0, 0.05) is 31.9 Å². The van der Waals surface area contributed by atoms with Crippen molar-refractivity contribution in [1.29, 1.82) is 0 Å². The Morgan fingerprint density at radius 1 is 1.08 bits per heavy atom. The minimum Gasteiger partial charge on any atom is -0.371 e. The number of amides is 2. The topological polar surface area (TPSA) is 47.6 Å². The van der Waals surface area contributed by atoms with Gasteiger partial charge < -0.3 is 20.4 Å². The van der Waals surface area contributed by atoms with Gasteiger partial charge in [-0.05, 0) is 63.4 Å². The van der Waals surface area contributed by atoms with Crippen molar-refractivity contribution in [2.45, 2.75) is 25.7 Å². The molecule has 0 unspecified atom stereocenters. The fourth-order valence-corrected chi connectivity index (χ4v) is 3.68. The highest BCUT2D eigenvalue weighted by Gasteiger charge is 2.22. The van der Waals surface area contributed by atoms with E-state index in [1.54, 1.807) is 0 Å². The Balaban J connectivity index is 1.26. The molecule has 2 aliphatic rings. The summed E-state index contributed by atoms with van der Waals surface area (Å²) in [7, 11) is 0. The zero-order valence-corrected chi connectivity index (χ0v) is 14.5. The average Bonchev–Trinajstić information content (AvgIpc) is 3.29. The number of anilines is 1. The smallest absolute Gasteiger partial charge is 0.314 e. The van der Waals surface area contributed by atoms with E-state index in [-0.39, 0.29) is 6.03 Å². The highest BCUT2D eigenvalue weighted by Crippen LogP contribution is 2.22. The maximum Gasteiger partial charge on any atom is 0.314 e. The van der Waals surface area contributed by atoms with Crippen LogP contribution in [0.2, 0.25) is 0 Å². The van der Waals surface area contributed by atoms with Gasteiger partial charge in [0.1, 0.15) is 0 Å². The average molecular weight is 330 g/mol. The van der Waals surface area contributed by atoms with Crippen LogP contribution in [0.25, 0.3) is 0 Å². The summed E-state index contributed by atoms with van der Waals surface area (Å²) in [4.78, 5) is 16.8. The molecular weight excluding hydrogens is 300 g/mol. The van der Waals surface area contributed by atoms with E-state index in [4.69, 9.17) is 0 Å². The summed E-state index contributed by atoms with van der Waals surface area (Å²) < 4.78 is 0. The molecule has 5 heteroatoms. The Bertz CT molecular complexity index is 501. The molecule has 1 atom stereocenters. The van der Waals surface area contributed by atoms with Gasteiger partial charge in [-0.1, -0.05) is 18.2 Å². The summed E-state index contributed by atoms with van der Waals surface area (Å²) in [6.45, 7) is 7.20. The molecule has 1 aromatic carbocycles. The van der Waals surface area contributed by atoms with E-state index in [9.17, 15) is 4.79 Å². The van der Waals surface area contributed by atoms with Crippen molar-refractivity contribution < 1.29 is 4.79 Å². The monoisotopic (exact) mass is 330 g/mol. The lowest BCUT2D eigenvalue weighted by atomic mass is 10.1. The van der Waals surface area contributed by atoms with Crippen LogP contribution in [0.15, 0.2) is 30.3 Å². The predicted molar refractivity (Wildman–Crippen MR) is 98.5 cm³/mol. The molecule has 2 heterocycles. The first-order chi connectivity index (χ1) is 11.8. The number of rotatable bonds is 7. The van der Waals surface area contributed by atoms with E-state index in [0.717, 1.165) is 45.6 Å². The summed E-state index contributed by atoms with van der Waals surface area (Å²) in [6, 6.07) is 10.5. The molecule has 24 heavy (non-hydrogen) atoms. The lowest BCUT2D eigenvalue weighted by Crippen LogP contribution is -2.39. The van der Waals surface area contributed by atoms with Crippen LogP contribution in [-0.2, 0) is 0 Å². The molecule has 132 valence electrons. The summed E-state index contributed by atoms with van der Waals surface area (Å²) in [5.41, 5.74) is 1.28. The van der Waals surface area contributed by atoms with Gasteiger partial charge in [0.15, 0.2) is 0 Å². The number of hydrogen-bond acceptors (Lipinski definition) is 3. The molecule has 0 aromatic heterocycles. The van der Waals surface area contributed by atoms with Crippen LogP contribution in [0.1, 0.15) is 25.7 Å². The van der Waals surface area contributed by atoms with Gasteiger partial charge in [-0.3, -0.25) is 0 Å². The molecular formula is C19H30N4O. The second-order valence-electron chi connectivity index (χ2n) is 6.98. The van der Waals surface area contributed by atoms with E-state index < -0.39 is 0 Å². The number of para-hydroxylation sites is 1. The van der Waals surface area contributed by atoms with Crippen molar-refractivity contribution in [3.8, 4) is 0 Å². The largest absolute Gasteiger partial charge is 0.371 e. The molecule has 2 amide bonds. The third kappa shape index (κ3) is 5.13. The van der Waals surface area contributed by atoms with Crippen molar-refractivity contribution in [2.24, 2.45) is 5.92 Å². The molecule has 2 aliphatic heterocycles. The number of carbonyl (C=O) groups is 1. The number of benzene rings is 1. The van der Waals surface area contributed by atoms with Gasteiger partial charge in [0.05, 0.1) is 0 Å². The van der Waals surface area contributed by atoms with Gasteiger partial charge in [-0.25, -0.2) is 4.79 Å². The van der Waals surface area contributed by atoms with Crippen LogP contribution in [0.4, 0.5) is 10.5 Å². The van der Waals surface area contributed by atoms with E-state index >= 15 is 0 Å². The zero-order chi connectivity index (χ0) is 16.6. The van der Waals surface area contributed by atoms with E-state index in [1.165, 1.54) is 31.6 Å². The molecule has 5 nitrogen and oxygen atoms in total. The van der Waals surface area contributed by atoms with Crippen LogP contribution in [-0.4, -0.2) is 56.7 Å². The fraction of sp³-hybridized carbons (Fsp3) is 0.632. The van der Waals surface area contributed by atoms with Gasteiger partial charge in [-0.2, -0.15) is 0 Å². The van der Waals surface area contributed by atoms with Gasteiger partial charge in [-0.15, -0.1) is 0 Å². The molecule has 2 N–H and O–H groups in total. The number of hydrogen-bond donors (Lipinski definition) is 2. The Labute approximate surface area is 145 Å². The highest BCUT2D eigenvalue weighted by molar-refractivity contribution is 5.73. The quantitative estimate of drug-likeness (QED) is 0.754. The summed E-state index contributed by atoms with van der Waals surface area (Å²) in [5.74, 6) is 0.542. The minimum atomic E-state index is -0.0189. The highest BCUT2D eigenvalue weighted by atomic mass is 16.2. The van der Waals surface area contributed by atoms with Gasteiger partial charge in [0.25, 0.3) is 0 Å². The first-order valence-electron chi connectivity index (χ1n) is 9.35. The van der Waals surface area contributed by atoms with Crippen molar-refractivity contribution >= 4 is 11.7 Å². The third-order valence-corrected chi connectivity index (χ3v) is 5.09. The summed E-state index contributed by atoms with van der Waals surface area (Å²) in [5, 5.41) is 6.02. The Kier molecular flexibility index (Phi) is 6.35. The van der Waals surface area contributed by atoms with E-state index in [0.29, 0.717) is 5.92 Å². The lowest BCUT2D eigenvalue weighted by Gasteiger charge is -2.19. The number of urea groups is 1. The predicted octanol–water partition coefficient (Wildman–Crippen LogP) is 2.30. The van der Waals surface area contributed by atoms with Crippen LogP contribution < -0.4 is 15.5 Å². The molecule has 0 bridgehead atoms. The fourth-order valence-electron chi connectivity index (χ4n) is 3.68. The van der Waals surface area contributed by atoms with Crippen LogP contribution >= 0.6 is 0 Å². The van der Waals surface area contributed by atoms with Crippen LogP contribution in [0.5, 0.6) is 0 Å². The molecule has 3 rings (SSSR count). The van der Waals surface area contributed by atoms with E-state index in [2.05, 4.69) is 44.7 Å². The standard InChI is InChI=1S/C19H30N4O/c24-19(20-10-6-13-22-11-4-5-12-22)21-15-17-9-14-23(16-17)18-7-2-1-3-8-18/h1-3,7-8,17H,4-6,9-16H2,(H2,20,21,24)/t17-/m0/s1. The Morgan fingerprint density at radius 3 is 2.67 bits per heavy atom. The van der Waals surface area contributed by atoms with Gasteiger partial charge in [0.2, 0.25) is 0 Å². The maximum atomic E-state index is 11.9. The third-order valence-electron chi connectivity index (χ3n) is 5.09. The van der Waals surface area contributed by atoms with Gasteiger partial charge >= 0.3 is 6.03 Å². The molecule has 2 fully saturated rings. The van der Waals surface area contributed by atoms with Crippen molar-refractivity contribution in [3.05, 3.63) is 30.3 Å². The molecule has 0 spiro atoms. The molecule has 0 saturated carbocycles. The number of carbonyl (C=O) groups excluding carboxylic acids is 1. The number of nitrogens with zero attached hydrogens (tertiary/aromatic N) is 2. The van der Waals surface area contributed by atoms with Crippen molar-refractivity contribution in [2.75, 3.05) is 50.7 Å². The number of nitrogens with one attached hydrogen (secondary N) is 2. The second kappa shape index (κ2) is 8.92. The van der Waals surface area contributed by atoms with E-state index in [1.807, 2.05) is 6.07 Å². The lowest BCUT2D eigenvalue weighted by molar-refractivity contribution is 0.238.